The van der Waals surface area contributed by atoms with Crippen LogP contribution in [0.25, 0.3) is 0 Å². The van der Waals surface area contributed by atoms with Gasteiger partial charge in [-0.25, -0.2) is 13.2 Å². The van der Waals surface area contributed by atoms with Crippen LogP contribution in [-0.2, 0) is 42.0 Å². The van der Waals surface area contributed by atoms with Crippen LogP contribution in [-0.4, -0.2) is 91.5 Å². The van der Waals surface area contributed by atoms with E-state index in [1.165, 1.54) is 11.4 Å². The van der Waals surface area contributed by atoms with E-state index in [0.29, 0.717) is 25.8 Å². The van der Waals surface area contributed by atoms with Crippen molar-refractivity contribution in [2.75, 3.05) is 20.1 Å². The van der Waals surface area contributed by atoms with Gasteiger partial charge < -0.3 is 26.6 Å². The summed E-state index contributed by atoms with van der Waals surface area (Å²) in [6.07, 6.45) is 4.22. The van der Waals surface area contributed by atoms with Crippen molar-refractivity contribution >= 4 is 50.9 Å². The molecule has 1 aliphatic heterocycles. The summed E-state index contributed by atoms with van der Waals surface area (Å²) in [6, 6.07) is 6.87. The second-order valence-corrected chi connectivity index (χ2v) is 20.6. The Morgan fingerprint density at radius 1 is 1.00 bits per heavy atom. The fourth-order valence-electron chi connectivity index (χ4n) is 8.72. The first kappa shape index (κ1) is 39.9. The maximum absolute atomic E-state index is 14.9. The van der Waals surface area contributed by atoms with Crippen LogP contribution in [0, 0.1) is 34.5 Å². The number of ketones is 1. The molecule has 6 atom stereocenters. The van der Waals surface area contributed by atoms with Crippen LogP contribution in [0.15, 0.2) is 46.0 Å². The number of rotatable bonds is 14. The van der Waals surface area contributed by atoms with Crippen LogP contribution < -0.4 is 21.7 Å². The summed E-state index contributed by atoms with van der Waals surface area (Å²) < 4.78 is 28.0. The SMILES string of the molecule is CN(C[C@@H](NC(=O)N[C@H](C(=O)N1C[C@H]2[C@@H]([C@H]1C(=O)NC(CC1CCC1)C(=O)C(N)=O)C2(C)C)C1Cc2ccccc2C1)C(C)(C)C)S(=O)(=O)c1cccs1. The highest BCUT2D eigenvalue weighted by Gasteiger charge is 2.70. The molecule has 15 heteroatoms. The molecule has 1 aromatic heterocycles. The molecule has 1 unspecified atom stereocenters. The minimum atomic E-state index is -3.79. The summed E-state index contributed by atoms with van der Waals surface area (Å²) in [6.45, 7) is 10.1. The molecular formula is C39H54N6O7S2. The molecule has 1 saturated heterocycles. The van der Waals surface area contributed by atoms with E-state index in [4.69, 9.17) is 5.73 Å². The van der Waals surface area contributed by atoms with Gasteiger partial charge in [-0.05, 0) is 76.3 Å². The third-order valence-electron chi connectivity index (χ3n) is 12.5. The number of fused-ring (bicyclic) bond motifs is 2. The fraction of sp³-hybridized carbons (Fsp3) is 0.615. The average Bonchev–Trinajstić information content (AvgIpc) is 3.68. The largest absolute Gasteiger partial charge is 0.363 e. The molecule has 54 heavy (non-hydrogen) atoms. The van der Waals surface area contributed by atoms with E-state index in [9.17, 15) is 32.4 Å². The molecule has 5 amide bonds. The quantitative estimate of drug-likeness (QED) is 0.212. The Balaban J connectivity index is 1.24. The number of Topliss-reactive ketones (excluding diaryl/α,β-unsaturated/α-hetero) is 1. The Bertz CT molecular complexity index is 1860. The highest BCUT2D eigenvalue weighted by molar-refractivity contribution is 7.91. The summed E-state index contributed by atoms with van der Waals surface area (Å²) in [4.78, 5) is 69.5. The number of nitrogens with two attached hydrogens (primary N) is 1. The van der Waals surface area contributed by atoms with E-state index in [-0.39, 0.29) is 39.8 Å². The van der Waals surface area contributed by atoms with E-state index < -0.39 is 69.1 Å². The number of likely N-dealkylation sites (N-methyl/N-ethyl adjacent to an activating group) is 1. The Morgan fingerprint density at radius 2 is 1.65 bits per heavy atom. The average molecular weight is 783 g/mol. The van der Waals surface area contributed by atoms with Crippen LogP contribution >= 0.6 is 11.3 Å². The minimum absolute atomic E-state index is 0.0104. The zero-order valence-electron chi connectivity index (χ0n) is 32.0. The van der Waals surface area contributed by atoms with Gasteiger partial charge in [0.1, 0.15) is 16.3 Å². The highest BCUT2D eigenvalue weighted by atomic mass is 32.2. The van der Waals surface area contributed by atoms with Gasteiger partial charge in [0.05, 0.1) is 6.04 Å². The van der Waals surface area contributed by atoms with Crippen LogP contribution in [0.1, 0.15) is 71.4 Å². The third kappa shape index (κ3) is 7.95. The predicted octanol–water partition coefficient (Wildman–Crippen LogP) is 3.08. The molecule has 0 spiro atoms. The lowest BCUT2D eigenvalue weighted by Crippen LogP contribution is -2.61. The number of carbonyl (C=O) groups excluding carboxylic acids is 5. The molecule has 3 fully saturated rings. The zero-order valence-corrected chi connectivity index (χ0v) is 33.6. The first-order valence-electron chi connectivity index (χ1n) is 18.9. The number of thiophene rings is 1. The van der Waals surface area contributed by atoms with Crippen molar-refractivity contribution in [1.29, 1.82) is 0 Å². The van der Waals surface area contributed by atoms with Crippen LogP contribution in [0.3, 0.4) is 0 Å². The molecule has 2 saturated carbocycles. The number of urea groups is 1. The summed E-state index contributed by atoms with van der Waals surface area (Å²) in [5, 5.41) is 10.5. The molecule has 6 rings (SSSR count). The second kappa shape index (κ2) is 15.0. The topological polar surface area (TPSA) is 188 Å². The van der Waals surface area contributed by atoms with Crippen LogP contribution in [0.4, 0.5) is 4.79 Å². The van der Waals surface area contributed by atoms with Gasteiger partial charge in [-0.2, -0.15) is 4.31 Å². The number of piperidine rings is 1. The Hall–Kier alpha value is -3.82. The predicted molar refractivity (Wildman–Crippen MR) is 205 cm³/mol. The number of sulfonamides is 1. The normalized spacial score (nSPS) is 23.8. The van der Waals surface area contributed by atoms with Gasteiger partial charge in [0, 0.05) is 26.2 Å². The number of nitrogens with zero attached hydrogens (tertiary/aromatic N) is 2. The van der Waals surface area contributed by atoms with Crippen molar-refractivity contribution in [3.63, 3.8) is 0 Å². The highest BCUT2D eigenvalue weighted by Crippen LogP contribution is 2.65. The first-order chi connectivity index (χ1) is 25.3. The number of hydrogen-bond donors (Lipinski definition) is 4. The standard InChI is InChI=1S/C39H54N6O7S2/c1-38(2,3)28(21-44(6)54(51,52)29-15-10-16-53-29)42-37(50)43-31(25-18-23-13-7-8-14-24(23)19-25)36(49)45-20-26-30(39(26,4)5)32(45)35(48)41-27(33(46)34(40)47)17-22-11-9-12-22/h7-8,10,13-16,22,25-28,30-32H,9,11-12,17-21H2,1-6H3,(H2,40,47)(H,41,48)(H2,42,43,50)/t26-,27?,28+,30-,31-,32-/m0/s1. The number of amides is 5. The molecule has 4 aliphatic rings. The minimum Gasteiger partial charge on any atom is -0.363 e. The van der Waals surface area contributed by atoms with Gasteiger partial charge in [0.25, 0.3) is 15.9 Å². The van der Waals surface area contributed by atoms with Crippen molar-refractivity contribution in [2.24, 2.45) is 40.2 Å². The van der Waals surface area contributed by atoms with Gasteiger partial charge in [-0.15, -0.1) is 11.3 Å². The second-order valence-electron chi connectivity index (χ2n) is 17.4. The summed E-state index contributed by atoms with van der Waals surface area (Å²) in [5.41, 5.74) is 6.77. The lowest BCUT2D eigenvalue weighted by atomic mass is 9.80. The van der Waals surface area contributed by atoms with Gasteiger partial charge in [-0.3, -0.25) is 19.2 Å². The van der Waals surface area contributed by atoms with Crippen molar-refractivity contribution in [3.05, 3.63) is 52.9 Å². The maximum atomic E-state index is 14.9. The molecule has 2 aromatic rings. The maximum Gasteiger partial charge on any atom is 0.315 e. The van der Waals surface area contributed by atoms with E-state index >= 15 is 0 Å². The first-order valence-corrected chi connectivity index (χ1v) is 21.2. The number of likely N-dealkylation sites (tertiary alicyclic amines) is 1. The van der Waals surface area contributed by atoms with Crippen molar-refractivity contribution in [3.8, 4) is 0 Å². The molecule has 294 valence electrons. The summed E-state index contributed by atoms with van der Waals surface area (Å²) in [7, 11) is -2.31. The number of primary amides is 1. The van der Waals surface area contributed by atoms with E-state index in [0.717, 1.165) is 41.7 Å². The molecular weight excluding hydrogens is 729 g/mol. The number of carbonyl (C=O) groups is 5. The van der Waals surface area contributed by atoms with Crippen molar-refractivity contribution in [1.82, 2.24) is 25.2 Å². The molecule has 13 nitrogen and oxygen atoms in total. The Labute approximate surface area is 322 Å². The lowest BCUT2D eigenvalue weighted by molar-refractivity contribution is -0.144. The Kier molecular flexibility index (Phi) is 11.1. The monoisotopic (exact) mass is 782 g/mol. The van der Waals surface area contributed by atoms with Crippen LogP contribution in [0.5, 0.6) is 0 Å². The zero-order chi connectivity index (χ0) is 39.3. The van der Waals surface area contributed by atoms with E-state index in [2.05, 4.69) is 29.8 Å². The number of benzene rings is 1. The number of nitrogens with one attached hydrogen (secondary N) is 3. The third-order valence-corrected chi connectivity index (χ3v) is 15.7. The van der Waals surface area contributed by atoms with Crippen LogP contribution in [0.2, 0.25) is 0 Å². The van der Waals surface area contributed by atoms with Gasteiger partial charge >= 0.3 is 6.03 Å². The smallest absolute Gasteiger partial charge is 0.315 e. The molecule has 3 aliphatic carbocycles. The molecule has 1 aromatic carbocycles. The van der Waals surface area contributed by atoms with E-state index in [1.54, 1.807) is 22.4 Å². The molecule has 2 heterocycles. The molecule has 0 radical (unpaired) electrons. The van der Waals surface area contributed by atoms with Gasteiger partial charge in [0.15, 0.2) is 0 Å². The van der Waals surface area contributed by atoms with Crippen molar-refractivity contribution < 1.29 is 32.4 Å². The summed E-state index contributed by atoms with van der Waals surface area (Å²) in [5.74, 6) is -3.09. The van der Waals surface area contributed by atoms with E-state index in [1.807, 2.05) is 45.0 Å². The fourth-order valence-corrected chi connectivity index (χ4v) is 11.1. The summed E-state index contributed by atoms with van der Waals surface area (Å²) >= 11 is 1.12. The molecule has 5 N–H and O–H groups in total. The lowest BCUT2D eigenvalue weighted by Gasteiger charge is -2.37. The Morgan fingerprint density at radius 3 is 2.19 bits per heavy atom. The van der Waals surface area contributed by atoms with Crippen molar-refractivity contribution in [2.45, 2.75) is 102 Å². The van der Waals surface area contributed by atoms with Gasteiger partial charge in [-0.1, -0.05) is 84.2 Å². The van der Waals surface area contributed by atoms with Gasteiger partial charge in [0.2, 0.25) is 17.6 Å². The molecule has 0 bridgehead atoms. The number of hydrogen-bond acceptors (Lipinski definition) is 8.